The second-order valence-corrected chi connectivity index (χ2v) is 6.70. The predicted octanol–water partition coefficient (Wildman–Crippen LogP) is 1.64. The fourth-order valence-corrected chi connectivity index (χ4v) is 3.07. The lowest BCUT2D eigenvalue weighted by molar-refractivity contribution is -0.132. The van der Waals surface area contributed by atoms with Gasteiger partial charge in [-0.2, -0.15) is 10.4 Å². The Bertz CT molecular complexity index is 853. The number of aromatic nitrogens is 2. The van der Waals surface area contributed by atoms with Crippen LogP contribution in [0.25, 0.3) is 11.1 Å². The Balaban J connectivity index is 1.65. The predicted molar refractivity (Wildman–Crippen MR) is 102 cm³/mol. The molecule has 1 aromatic carbocycles. The SMILES string of the molecule is CCn1cc(-c2ccc(CC(C#N)NC(=O)C3CNCCCO3)c(F)c2)cn1. The topological polar surface area (TPSA) is 92.0 Å². The first-order valence-corrected chi connectivity index (χ1v) is 9.44. The molecule has 3 rings (SSSR count). The minimum Gasteiger partial charge on any atom is -0.367 e. The average Bonchev–Trinajstić information content (AvgIpc) is 3.02. The van der Waals surface area contributed by atoms with E-state index in [9.17, 15) is 14.4 Å². The molecule has 1 saturated heterocycles. The van der Waals surface area contributed by atoms with Crippen LogP contribution in [0.2, 0.25) is 0 Å². The lowest BCUT2D eigenvalue weighted by Crippen LogP contribution is -2.46. The second-order valence-electron chi connectivity index (χ2n) is 6.70. The van der Waals surface area contributed by atoms with Crippen molar-refractivity contribution in [1.29, 1.82) is 5.26 Å². The number of ether oxygens (including phenoxy) is 1. The normalized spacial score (nSPS) is 18.1. The van der Waals surface area contributed by atoms with E-state index in [0.717, 1.165) is 30.6 Å². The number of nitrogens with zero attached hydrogens (tertiary/aromatic N) is 3. The summed E-state index contributed by atoms with van der Waals surface area (Å²) in [7, 11) is 0. The standard InChI is InChI=1S/C20H24FN5O2/c1-2-26-13-16(11-24-26)14-4-5-15(18(21)9-14)8-17(10-22)25-20(27)19-12-23-6-3-7-28-19/h4-5,9,11,13,17,19,23H,2-3,6-8,12H2,1H3,(H,25,27). The van der Waals surface area contributed by atoms with E-state index in [2.05, 4.69) is 15.7 Å². The molecule has 1 aliphatic rings. The Hall–Kier alpha value is -2.76. The Morgan fingerprint density at radius 3 is 3.11 bits per heavy atom. The zero-order valence-electron chi connectivity index (χ0n) is 15.8. The van der Waals surface area contributed by atoms with Gasteiger partial charge < -0.3 is 15.4 Å². The summed E-state index contributed by atoms with van der Waals surface area (Å²) >= 11 is 0. The number of carbonyl (C=O) groups excluding carboxylic acids is 1. The van der Waals surface area contributed by atoms with E-state index in [-0.39, 0.29) is 12.3 Å². The number of halogens is 1. The molecule has 0 bridgehead atoms. The van der Waals surface area contributed by atoms with Gasteiger partial charge in [0, 0.05) is 37.9 Å². The molecule has 1 aromatic heterocycles. The van der Waals surface area contributed by atoms with Crippen LogP contribution in [0.5, 0.6) is 0 Å². The first-order chi connectivity index (χ1) is 13.6. The maximum atomic E-state index is 14.6. The summed E-state index contributed by atoms with van der Waals surface area (Å²) in [5.74, 6) is -0.770. The van der Waals surface area contributed by atoms with Gasteiger partial charge in [0.15, 0.2) is 0 Å². The van der Waals surface area contributed by atoms with E-state index in [1.807, 2.05) is 19.2 Å². The van der Waals surface area contributed by atoms with Gasteiger partial charge in [0.1, 0.15) is 18.0 Å². The minimum absolute atomic E-state index is 0.0860. The van der Waals surface area contributed by atoms with Gasteiger partial charge in [0.25, 0.3) is 5.91 Å². The summed E-state index contributed by atoms with van der Waals surface area (Å²) in [5, 5.41) is 19.4. The molecule has 0 aliphatic carbocycles. The highest BCUT2D eigenvalue weighted by Gasteiger charge is 2.24. The smallest absolute Gasteiger partial charge is 0.251 e. The largest absolute Gasteiger partial charge is 0.367 e. The lowest BCUT2D eigenvalue weighted by atomic mass is 10.0. The average molecular weight is 385 g/mol. The summed E-state index contributed by atoms with van der Waals surface area (Å²) in [6.45, 7) is 4.41. The first-order valence-electron chi connectivity index (χ1n) is 9.44. The highest BCUT2D eigenvalue weighted by atomic mass is 19.1. The molecule has 2 heterocycles. The molecule has 0 saturated carbocycles. The molecule has 1 amide bonds. The van der Waals surface area contributed by atoms with E-state index >= 15 is 0 Å². The van der Waals surface area contributed by atoms with Crippen LogP contribution in [-0.2, 0) is 22.5 Å². The van der Waals surface area contributed by atoms with Gasteiger partial charge in [-0.15, -0.1) is 0 Å². The van der Waals surface area contributed by atoms with Crippen molar-refractivity contribution in [2.45, 2.75) is 38.5 Å². The lowest BCUT2D eigenvalue weighted by Gasteiger charge is -2.18. The molecule has 28 heavy (non-hydrogen) atoms. The van der Waals surface area contributed by atoms with E-state index in [1.54, 1.807) is 23.0 Å². The molecule has 2 atom stereocenters. The van der Waals surface area contributed by atoms with Crippen molar-refractivity contribution >= 4 is 5.91 Å². The van der Waals surface area contributed by atoms with Crippen LogP contribution in [0.1, 0.15) is 18.9 Å². The number of nitrogens with one attached hydrogen (secondary N) is 2. The molecule has 2 N–H and O–H groups in total. The molecule has 1 aliphatic heterocycles. The summed E-state index contributed by atoms with van der Waals surface area (Å²) in [6, 6.07) is 6.08. The maximum Gasteiger partial charge on any atom is 0.251 e. The Labute approximate surface area is 163 Å². The molecule has 7 nitrogen and oxygen atoms in total. The zero-order valence-corrected chi connectivity index (χ0v) is 15.8. The van der Waals surface area contributed by atoms with Crippen LogP contribution >= 0.6 is 0 Å². The number of hydrogen-bond donors (Lipinski definition) is 2. The fraction of sp³-hybridized carbons (Fsp3) is 0.450. The van der Waals surface area contributed by atoms with E-state index in [1.165, 1.54) is 6.07 Å². The minimum atomic E-state index is -0.831. The fourth-order valence-electron chi connectivity index (χ4n) is 3.07. The summed E-state index contributed by atoms with van der Waals surface area (Å²) in [4.78, 5) is 12.3. The van der Waals surface area contributed by atoms with Crippen LogP contribution in [0.3, 0.4) is 0 Å². The number of carbonyl (C=O) groups is 1. The Morgan fingerprint density at radius 2 is 2.39 bits per heavy atom. The van der Waals surface area contributed by atoms with Crippen molar-refractivity contribution in [3.8, 4) is 17.2 Å². The van der Waals surface area contributed by atoms with Gasteiger partial charge in [0.05, 0.1) is 12.3 Å². The van der Waals surface area contributed by atoms with Crippen molar-refractivity contribution in [2.24, 2.45) is 0 Å². The summed E-state index contributed by atoms with van der Waals surface area (Å²) in [5.41, 5.74) is 1.92. The van der Waals surface area contributed by atoms with Gasteiger partial charge in [-0.1, -0.05) is 12.1 Å². The number of benzene rings is 1. The third-order valence-corrected chi connectivity index (χ3v) is 4.68. The number of aryl methyl sites for hydroxylation is 1. The van der Waals surface area contributed by atoms with Crippen molar-refractivity contribution < 1.29 is 13.9 Å². The van der Waals surface area contributed by atoms with Gasteiger partial charge in [-0.3, -0.25) is 9.48 Å². The highest BCUT2D eigenvalue weighted by Crippen LogP contribution is 2.22. The molecule has 8 heteroatoms. The van der Waals surface area contributed by atoms with Crippen molar-refractivity contribution in [3.05, 3.63) is 42.0 Å². The monoisotopic (exact) mass is 385 g/mol. The van der Waals surface area contributed by atoms with Crippen molar-refractivity contribution in [2.75, 3.05) is 19.7 Å². The van der Waals surface area contributed by atoms with Gasteiger partial charge in [-0.25, -0.2) is 4.39 Å². The van der Waals surface area contributed by atoms with Crippen LogP contribution in [0.15, 0.2) is 30.6 Å². The number of amides is 1. The maximum absolute atomic E-state index is 14.6. The van der Waals surface area contributed by atoms with Gasteiger partial charge >= 0.3 is 0 Å². The highest BCUT2D eigenvalue weighted by molar-refractivity contribution is 5.81. The van der Waals surface area contributed by atoms with E-state index < -0.39 is 18.0 Å². The molecule has 148 valence electrons. The van der Waals surface area contributed by atoms with Gasteiger partial charge in [0.2, 0.25) is 0 Å². The van der Waals surface area contributed by atoms with Crippen LogP contribution < -0.4 is 10.6 Å². The first kappa shape index (κ1) is 20.0. The molecule has 2 unspecified atom stereocenters. The van der Waals surface area contributed by atoms with Crippen molar-refractivity contribution in [3.63, 3.8) is 0 Å². The van der Waals surface area contributed by atoms with E-state index in [0.29, 0.717) is 18.7 Å². The Morgan fingerprint density at radius 1 is 1.54 bits per heavy atom. The van der Waals surface area contributed by atoms with Gasteiger partial charge in [-0.05, 0) is 37.1 Å². The van der Waals surface area contributed by atoms with Crippen LogP contribution in [0.4, 0.5) is 4.39 Å². The molecule has 0 spiro atoms. The van der Waals surface area contributed by atoms with Crippen molar-refractivity contribution in [1.82, 2.24) is 20.4 Å². The molecular weight excluding hydrogens is 361 g/mol. The molecule has 1 fully saturated rings. The molecular formula is C20H24FN5O2. The van der Waals surface area contributed by atoms with Crippen LogP contribution in [0, 0.1) is 17.1 Å². The third kappa shape index (κ3) is 4.94. The second kappa shape index (κ2) is 9.44. The number of nitriles is 1. The van der Waals surface area contributed by atoms with Crippen LogP contribution in [-0.4, -0.2) is 47.5 Å². The third-order valence-electron chi connectivity index (χ3n) is 4.68. The molecule has 2 aromatic rings. The zero-order chi connectivity index (χ0) is 19.9. The van der Waals surface area contributed by atoms with E-state index in [4.69, 9.17) is 4.74 Å². The number of rotatable bonds is 6. The quantitative estimate of drug-likeness (QED) is 0.789. The molecule has 0 radical (unpaired) electrons. The number of hydrogen-bond acceptors (Lipinski definition) is 5. The summed E-state index contributed by atoms with van der Waals surface area (Å²) < 4.78 is 21.8. The Kier molecular flexibility index (Phi) is 6.74. The summed E-state index contributed by atoms with van der Waals surface area (Å²) in [6.07, 6.45) is 3.83.